The number of urea groups is 1. The minimum atomic E-state index is -0.309. The molecule has 1 heterocycles. The third-order valence-electron chi connectivity index (χ3n) is 6.08. The molecule has 7 nitrogen and oxygen atoms in total. The number of rotatable bonds is 10. The third-order valence-corrected chi connectivity index (χ3v) is 7.08. The Kier molecular flexibility index (Phi) is 7.92. The van der Waals surface area contributed by atoms with Crippen LogP contribution in [0.25, 0.3) is 0 Å². The van der Waals surface area contributed by atoms with E-state index in [4.69, 9.17) is 9.47 Å². The number of carbonyl (C=O) groups excluding carboxylic acids is 2. The smallest absolute Gasteiger partial charge is 0.322 e. The molecule has 0 aliphatic heterocycles. The molecule has 35 heavy (non-hydrogen) atoms. The molecule has 1 N–H and O–H groups in total. The van der Waals surface area contributed by atoms with Crippen molar-refractivity contribution in [2.24, 2.45) is 0 Å². The lowest BCUT2D eigenvalue weighted by molar-refractivity contribution is -0.133. The number of nitrogens with one attached hydrogen (secondary N) is 1. The molecule has 184 valence electrons. The fourth-order valence-corrected chi connectivity index (χ4v) is 4.78. The largest absolute Gasteiger partial charge is 0.497 e. The zero-order chi connectivity index (χ0) is 24.8. The van der Waals surface area contributed by atoms with Crippen molar-refractivity contribution in [2.45, 2.75) is 38.9 Å². The first-order valence-electron chi connectivity index (χ1n) is 11.6. The van der Waals surface area contributed by atoms with Gasteiger partial charge in [0, 0.05) is 23.5 Å². The van der Waals surface area contributed by atoms with Gasteiger partial charge in [-0.2, -0.15) is 0 Å². The first kappa shape index (κ1) is 24.6. The number of ether oxygens (including phenoxy) is 2. The summed E-state index contributed by atoms with van der Waals surface area (Å²) in [5.74, 6) is 1.05. The van der Waals surface area contributed by atoms with E-state index in [-0.39, 0.29) is 24.5 Å². The zero-order valence-electron chi connectivity index (χ0n) is 20.3. The lowest BCUT2D eigenvalue weighted by atomic mass is 10.2. The standard InChI is InChI=1S/C27H31N3O4S/c1-19-13-14-35-25(19)17-29(16-20-7-5-4-6-8-20)26(31)18-30(21-9-10-21)27(32)28-23-12-11-22(33-2)15-24(23)34-3/h4-8,11-15,21H,9-10,16-18H2,1-3H3,(H,28,32). The second kappa shape index (κ2) is 11.3. The predicted octanol–water partition coefficient (Wildman–Crippen LogP) is 5.30. The molecule has 0 atom stereocenters. The molecule has 1 aliphatic rings. The maximum Gasteiger partial charge on any atom is 0.322 e. The highest BCUT2D eigenvalue weighted by Crippen LogP contribution is 2.32. The number of carbonyl (C=O) groups is 2. The van der Waals surface area contributed by atoms with Crippen LogP contribution in [0.1, 0.15) is 28.8 Å². The quantitative estimate of drug-likeness (QED) is 0.416. The number of thiophene rings is 1. The van der Waals surface area contributed by atoms with Crippen LogP contribution in [0.15, 0.2) is 60.0 Å². The van der Waals surface area contributed by atoms with Crippen molar-refractivity contribution in [2.75, 3.05) is 26.1 Å². The molecule has 2 aromatic carbocycles. The summed E-state index contributed by atoms with van der Waals surface area (Å²) in [5.41, 5.74) is 2.76. The Labute approximate surface area is 210 Å². The van der Waals surface area contributed by atoms with Crippen molar-refractivity contribution in [1.29, 1.82) is 0 Å². The minimum absolute atomic E-state index is 0.0201. The van der Waals surface area contributed by atoms with Gasteiger partial charge in [0.25, 0.3) is 0 Å². The SMILES string of the molecule is COc1ccc(NC(=O)N(CC(=O)N(Cc2ccccc2)Cc2sccc2C)C2CC2)c(OC)c1. The Morgan fingerprint density at radius 3 is 2.43 bits per heavy atom. The summed E-state index contributed by atoms with van der Waals surface area (Å²) in [6.07, 6.45) is 1.78. The number of aryl methyl sites for hydroxylation is 1. The van der Waals surface area contributed by atoms with Crippen molar-refractivity contribution < 1.29 is 19.1 Å². The Hall–Kier alpha value is -3.52. The first-order valence-corrected chi connectivity index (χ1v) is 12.5. The predicted molar refractivity (Wildman–Crippen MR) is 138 cm³/mol. The van der Waals surface area contributed by atoms with Crippen LogP contribution in [-0.4, -0.2) is 48.5 Å². The summed E-state index contributed by atoms with van der Waals surface area (Å²) >= 11 is 1.65. The van der Waals surface area contributed by atoms with E-state index in [0.717, 1.165) is 23.3 Å². The van der Waals surface area contributed by atoms with Gasteiger partial charge in [0.05, 0.1) is 26.5 Å². The fourth-order valence-electron chi connectivity index (χ4n) is 3.86. The molecule has 1 saturated carbocycles. The van der Waals surface area contributed by atoms with Crippen molar-refractivity contribution in [3.8, 4) is 11.5 Å². The highest BCUT2D eigenvalue weighted by atomic mass is 32.1. The molecule has 1 fully saturated rings. The average molecular weight is 494 g/mol. The highest BCUT2D eigenvalue weighted by Gasteiger charge is 2.35. The Morgan fingerprint density at radius 2 is 1.80 bits per heavy atom. The molecule has 3 aromatic rings. The van der Waals surface area contributed by atoms with Gasteiger partial charge < -0.3 is 24.6 Å². The molecular formula is C27H31N3O4S. The van der Waals surface area contributed by atoms with Gasteiger partial charge in [-0.1, -0.05) is 30.3 Å². The number of anilines is 1. The van der Waals surface area contributed by atoms with Crippen LogP contribution < -0.4 is 14.8 Å². The molecule has 4 rings (SSSR count). The van der Waals surface area contributed by atoms with Gasteiger partial charge in [0.1, 0.15) is 18.0 Å². The van der Waals surface area contributed by atoms with E-state index in [0.29, 0.717) is 30.3 Å². The normalized spacial score (nSPS) is 12.7. The molecule has 0 spiro atoms. The second-order valence-corrected chi connectivity index (χ2v) is 9.62. The van der Waals surface area contributed by atoms with Crippen LogP contribution in [0.2, 0.25) is 0 Å². The number of nitrogens with zero attached hydrogens (tertiary/aromatic N) is 2. The van der Waals surface area contributed by atoms with E-state index in [1.54, 1.807) is 48.7 Å². The van der Waals surface area contributed by atoms with Crippen molar-refractivity contribution in [3.05, 3.63) is 76.0 Å². The maximum absolute atomic E-state index is 13.6. The van der Waals surface area contributed by atoms with Crippen LogP contribution in [0.5, 0.6) is 11.5 Å². The summed E-state index contributed by atoms with van der Waals surface area (Å²) in [6.45, 7) is 3.09. The van der Waals surface area contributed by atoms with Crippen molar-refractivity contribution >= 4 is 29.0 Å². The molecule has 8 heteroatoms. The number of hydrogen-bond donors (Lipinski definition) is 1. The van der Waals surface area contributed by atoms with Gasteiger partial charge in [-0.15, -0.1) is 11.3 Å². The summed E-state index contributed by atoms with van der Waals surface area (Å²) < 4.78 is 10.7. The second-order valence-electron chi connectivity index (χ2n) is 8.62. The summed E-state index contributed by atoms with van der Waals surface area (Å²) in [7, 11) is 3.12. The molecular weight excluding hydrogens is 462 g/mol. The number of methoxy groups -OCH3 is 2. The number of hydrogen-bond acceptors (Lipinski definition) is 5. The monoisotopic (exact) mass is 493 g/mol. The molecule has 1 aliphatic carbocycles. The lowest BCUT2D eigenvalue weighted by Crippen LogP contribution is -2.45. The lowest BCUT2D eigenvalue weighted by Gasteiger charge is -2.28. The number of benzene rings is 2. The Morgan fingerprint density at radius 1 is 1.03 bits per heavy atom. The molecule has 0 radical (unpaired) electrons. The molecule has 0 unspecified atom stereocenters. The van der Waals surface area contributed by atoms with Gasteiger partial charge in [0.15, 0.2) is 0 Å². The van der Waals surface area contributed by atoms with Crippen molar-refractivity contribution in [3.63, 3.8) is 0 Å². The van der Waals surface area contributed by atoms with Crippen molar-refractivity contribution in [1.82, 2.24) is 9.80 Å². The van der Waals surface area contributed by atoms with E-state index >= 15 is 0 Å². The Bertz CT molecular complexity index is 1160. The zero-order valence-corrected chi connectivity index (χ0v) is 21.1. The van der Waals surface area contributed by atoms with Crippen LogP contribution in [0.3, 0.4) is 0 Å². The topological polar surface area (TPSA) is 71.1 Å². The first-order chi connectivity index (χ1) is 17.0. The highest BCUT2D eigenvalue weighted by molar-refractivity contribution is 7.10. The third kappa shape index (κ3) is 6.33. The maximum atomic E-state index is 13.6. The van der Waals surface area contributed by atoms with Gasteiger partial charge in [0.2, 0.25) is 5.91 Å². The summed E-state index contributed by atoms with van der Waals surface area (Å²) in [6, 6.07) is 17.0. The van der Waals surface area contributed by atoms with Crippen LogP contribution in [0.4, 0.5) is 10.5 Å². The van der Waals surface area contributed by atoms with Gasteiger partial charge in [-0.05, 0) is 54.5 Å². The van der Waals surface area contributed by atoms with Gasteiger partial charge >= 0.3 is 6.03 Å². The van der Waals surface area contributed by atoms with E-state index in [9.17, 15) is 9.59 Å². The molecule has 3 amide bonds. The van der Waals surface area contributed by atoms with Crippen LogP contribution in [-0.2, 0) is 17.9 Å². The summed E-state index contributed by atoms with van der Waals surface area (Å²) in [4.78, 5) is 31.5. The summed E-state index contributed by atoms with van der Waals surface area (Å²) in [5, 5.41) is 4.96. The number of amides is 3. The van der Waals surface area contributed by atoms with E-state index in [1.807, 2.05) is 40.6 Å². The van der Waals surface area contributed by atoms with Gasteiger partial charge in [-0.25, -0.2) is 4.79 Å². The van der Waals surface area contributed by atoms with Crippen LogP contribution in [0, 0.1) is 6.92 Å². The fraction of sp³-hybridized carbons (Fsp3) is 0.333. The van der Waals surface area contributed by atoms with Gasteiger partial charge in [-0.3, -0.25) is 4.79 Å². The van der Waals surface area contributed by atoms with E-state index < -0.39 is 0 Å². The van der Waals surface area contributed by atoms with E-state index in [1.165, 1.54) is 5.56 Å². The Balaban J connectivity index is 1.50. The average Bonchev–Trinajstić information content (AvgIpc) is 3.64. The molecule has 0 bridgehead atoms. The van der Waals surface area contributed by atoms with Crippen LogP contribution >= 0.6 is 11.3 Å². The molecule has 1 aromatic heterocycles. The minimum Gasteiger partial charge on any atom is -0.497 e. The van der Waals surface area contributed by atoms with E-state index in [2.05, 4.69) is 18.3 Å². The molecule has 0 saturated heterocycles.